The second-order valence-corrected chi connectivity index (χ2v) is 8.81. The fourth-order valence-electron chi connectivity index (χ4n) is 3.17. The third-order valence-corrected chi connectivity index (χ3v) is 6.60. The molecule has 2 heterocycles. The minimum absolute atomic E-state index is 0.0220. The number of nitrogens with zero attached hydrogens (tertiary/aromatic N) is 2. The van der Waals surface area contributed by atoms with Crippen LogP contribution < -0.4 is 10.1 Å². The van der Waals surface area contributed by atoms with Gasteiger partial charge in [-0.2, -0.15) is 5.26 Å². The second kappa shape index (κ2) is 10.3. The molecule has 8 heteroatoms. The third-order valence-electron chi connectivity index (χ3n) is 4.72. The van der Waals surface area contributed by atoms with Crippen molar-refractivity contribution in [3.63, 3.8) is 0 Å². The zero-order valence-corrected chi connectivity index (χ0v) is 19.2. The quantitative estimate of drug-likeness (QED) is 0.321. The molecule has 0 saturated carbocycles. The van der Waals surface area contributed by atoms with Gasteiger partial charge in [-0.3, -0.25) is 4.79 Å². The van der Waals surface area contributed by atoms with E-state index in [1.165, 1.54) is 41.3 Å². The lowest BCUT2D eigenvalue weighted by atomic mass is 10.0. The molecule has 1 amide bonds. The van der Waals surface area contributed by atoms with Gasteiger partial charge in [-0.1, -0.05) is 23.9 Å². The van der Waals surface area contributed by atoms with Crippen LogP contribution in [-0.2, 0) is 4.79 Å². The molecule has 2 aromatic carbocycles. The average molecular weight is 476 g/mol. The van der Waals surface area contributed by atoms with Gasteiger partial charge in [-0.15, -0.1) is 11.3 Å². The number of hydrogen-bond acceptors (Lipinski definition) is 6. The number of nitriles is 1. The number of carbonyl (C=O) groups is 1. The fraction of sp³-hybridized carbons (Fsp3) is 0.0800. The molecule has 0 bridgehead atoms. The van der Waals surface area contributed by atoms with Gasteiger partial charge in [0.05, 0.1) is 24.1 Å². The number of carbonyl (C=O) groups excluding carboxylic acids is 1. The number of pyridine rings is 1. The maximum absolute atomic E-state index is 13.4. The van der Waals surface area contributed by atoms with Gasteiger partial charge in [0.25, 0.3) is 0 Å². The summed E-state index contributed by atoms with van der Waals surface area (Å²) in [7, 11) is 1.60. The van der Waals surface area contributed by atoms with Crippen molar-refractivity contribution in [1.29, 1.82) is 5.26 Å². The van der Waals surface area contributed by atoms with E-state index in [-0.39, 0.29) is 11.7 Å². The molecule has 0 spiro atoms. The topological polar surface area (TPSA) is 75.0 Å². The minimum atomic E-state index is -0.429. The number of hydrogen-bond donors (Lipinski definition) is 1. The van der Waals surface area contributed by atoms with E-state index in [4.69, 9.17) is 9.72 Å². The van der Waals surface area contributed by atoms with E-state index in [1.54, 1.807) is 13.2 Å². The molecule has 0 aliphatic heterocycles. The summed E-state index contributed by atoms with van der Waals surface area (Å²) in [6.07, 6.45) is 0. The van der Waals surface area contributed by atoms with Crippen LogP contribution in [0.15, 0.2) is 77.1 Å². The highest BCUT2D eigenvalue weighted by atomic mass is 32.2. The van der Waals surface area contributed by atoms with Crippen molar-refractivity contribution in [3.05, 3.63) is 83.5 Å². The number of rotatable bonds is 7. The van der Waals surface area contributed by atoms with Crippen LogP contribution >= 0.6 is 23.1 Å². The molecule has 33 heavy (non-hydrogen) atoms. The Kier molecular flexibility index (Phi) is 7.03. The lowest BCUT2D eigenvalue weighted by molar-refractivity contribution is -0.113. The summed E-state index contributed by atoms with van der Waals surface area (Å²) in [6.45, 7) is 0. The van der Waals surface area contributed by atoms with Crippen LogP contribution in [-0.4, -0.2) is 23.8 Å². The van der Waals surface area contributed by atoms with Crippen LogP contribution in [0.25, 0.3) is 21.7 Å². The largest absolute Gasteiger partial charge is 0.497 e. The van der Waals surface area contributed by atoms with Crippen LogP contribution in [0.1, 0.15) is 5.56 Å². The number of ether oxygens (including phenoxy) is 1. The van der Waals surface area contributed by atoms with Crippen LogP contribution in [0.5, 0.6) is 5.75 Å². The Hall–Kier alpha value is -3.67. The van der Waals surface area contributed by atoms with E-state index in [9.17, 15) is 14.4 Å². The first-order valence-corrected chi connectivity index (χ1v) is 11.8. The number of anilines is 1. The first-order valence-electron chi connectivity index (χ1n) is 9.89. The Bertz CT molecular complexity index is 1320. The summed E-state index contributed by atoms with van der Waals surface area (Å²) < 4.78 is 18.6. The molecule has 1 N–H and O–H groups in total. The Morgan fingerprint density at radius 2 is 2.00 bits per heavy atom. The van der Waals surface area contributed by atoms with Crippen LogP contribution in [0.4, 0.5) is 10.1 Å². The van der Waals surface area contributed by atoms with Crippen LogP contribution in [0.3, 0.4) is 0 Å². The average Bonchev–Trinajstić information content (AvgIpc) is 3.37. The summed E-state index contributed by atoms with van der Waals surface area (Å²) in [5.74, 6) is 0.00805. The molecule has 0 saturated heterocycles. The molecular formula is C25H18FN3O2S2. The molecule has 0 aliphatic carbocycles. The Morgan fingerprint density at radius 3 is 2.67 bits per heavy atom. The van der Waals surface area contributed by atoms with Crippen molar-refractivity contribution in [3.8, 4) is 33.5 Å². The Labute approximate surface area is 198 Å². The predicted molar refractivity (Wildman–Crippen MR) is 130 cm³/mol. The minimum Gasteiger partial charge on any atom is -0.497 e. The highest BCUT2D eigenvalue weighted by Crippen LogP contribution is 2.36. The summed E-state index contributed by atoms with van der Waals surface area (Å²) in [4.78, 5) is 18.1. The number of nitrogens with one attached hydrogen (secondary N) is 1. The van der Waals surface area contributed by atoms with E-state index in [2.05, 4.69) is 11.4 Å². The molecule has 0 fully saturated rings. The molecule has 164 valence electrons. The Balaban J connectivity index is 1.66. The van der Waals surface area contributed by atoms with Gasteiger partial charge in [-0.25, -0.2) is 9.37 Å². The standard InChI is InChI=1S/C25H18FN3O2S2/c1-31-19-9-7-16(8-10-19)22-13-20(23-6-3-11-32-23)21(14-27)25(29-22)33-15-24(30)28-18-5-2-4-17(26)12-18/h2-13H,15H2,1H3,(H,28,30). The third kappa shape index (κ3) is 5.40. The zero-order valence-electron chi connectivity index (χ0n) is 17.5. The number of benzene rings is 2. The molecule has 2 aromatic heterocycles. The van der Waals surface area contributed by atoms with Crippen molar-refractivity contribution >= 4 is 34.7 Å². The molecule has 4 rings (SSSR count). The summed E-state index contributed by atoms with van der Waals surface area (Å²) in [5.41, 5.74) is 3.11. The first-order chi connectivity index (χ1) is 16.1. The second-order valence-electron chi connectivity index (χ2n) is 6.90. The van der Waals surface area contributed by atoms with Crippen molar-refractivity contribution in [2.75, 3.05) is 18.2 Å². The highest BCUT2D eigenvalue weighted by molar-refractivity contribution is 8.00. The Morgan fingerprint density at radius 1 is 1.18 bits per heavy atom. The van der Waals surface area contributed by atoms with Gasteiger partial charge < -0.3 is 10.1 Å². The number of thiophene rings is 1. The van der Waals surface area contributed by atoms with E-state index < -0.39 is 5.82 Å². The molecule has 0 unspecified atom stereocenters. The van der Waals surface area contributed by atoms with Gasteiger partial charge >= 0.3 is 0 Å². The van der Waals surface area contributed by atoms with Crippen LogP contribution in [0.2, 0.25) is 0 Å². The number of aromatic nitrogens is 1. The van der Waals surface area contributed by atoms with Gasteiger partial charge in [0.15, 0.2) is 0 Å². The molecule has 0 aliphatic rings. The smallest absolute Gasteiger partial charge is 0.234 e. The van der Waals surface area contributed by atoms with Crippen LogP contribution in [0, 0.1) is 17.1 Å². The fourth-order valence-corrected chi connectivity index (χ4v) is 4.72. The maximum atomic E-state index is 13.4. The SMILES string of the molecule is COc1ccc(-c2cc(-c3cccs3)c(C#N)c(SCC(=O)Nc3cccc(F)c3)n2)cc1. The highest BCUT2D eigenvalue weighted by Gasteiger charge is 2.18. The lowest BCUT2D eigenvalue weighted by Gasteiger charge is -2.12. The number of methoxy groups -OCH3 is 1. The summed E-state index contributed by atoms with van der Waals surface area (Å²) in [5, 5.41) is 15.0. The van der Waals surface area contributed by atoms with E-state index in [0.717, 1.165) is 21.8 Å². The van der Waals surface area contributed by atoms with Crippen molar-refractivity contribution in [2.45, 2.75) is 5.03 Å². The van der Waals surface area contributed by atoms with Gasteiger partial charge in [0.2, 0.25) is 5.91 Å². The normalized spacial score (nSPS) is 10.5. The maximum Gasteiger partial charge on any atom is 0.234 e. The molecular weight excluding hydrogens is 457 g/mol. The summed E-state index contributed by atoms with van der Waals surface area (Å²) >= 11 is 2.70. The molecule has 0 radical (unpaired) electrons. The number of halogens is 1. The van der Waals surface area contributed by atoms with Gasteiger partial charge in [0, 0.05) is 21.7 Å². The number of thioether (sulfide) groups is 1. The summed E-state index contributed by atoms with van der Waals surface area (Å²) in [6, 6.07) is 21.2. The monoisotopic (exact) mass is 475 g/mol. The molecule has 5 nitrogen and oxygen atoms in total. The van der Waals surface area contributed by atoms with Crippen molar-refractivity contribution in [1.82, 2.24) is 4.98 Å². The molecule has 4 aromatic rings. The van der Waals surface area contributed by atoms with Crippen molar-refractivity contribution < 1.29 is 13.9 Å². The van der Waals surface area contributed by atoms with Gasteiger partial charge in [0.1, 0.15) is 22.7 Å². The van der Waals surface area contributed by atoms with Crippen molar-refractivity contribution in [2.24, 2.45) is 0 Å². The van der Waals surface area contributed by atoms with E-state index in [0.29, 0.717) is 22.0 Å². The zero-order chi connectivity index (χ0) is 23.2. The predicted octanol–water partition coefficient (Wildman–Crippen LogP) is 6.23. The first kappa shape index (κ1) is 22.5. The van der Waals surface area contributed by atoms with Gasteiger partial charge in [-0.05, 0) is 60.0 Å². The van der Waals surface area contributed by atoms with E-state index in [1.807, 2.05) is 47.8 Å². The lowest BCUT2D eigenvalue weighted by Crippen LogP contribution is -2.14. The molecule has 0 atom stereocenters. The van der Waals surface area contributed by atoms with E-state index >= 15 is 0 Å². The number of amides is 1.